The maximum Gasteiger partial charge on any atom is 0.132 e. The third-order valence-corrected chi connectivity index (χ3v) is 2.63. The Morgan fingerprint density at radius 2 is 2.00 bits per heavy atom. The number of rotatable bonds is 2. The maximum absolute atomic E-state index is 4.55. The van der Waals surface area contributed by atoms with Crippen molar-refractivity contribution in [3.8, 4) is 0 Å². The molecule has 3 heteroatoms. The summed E-state index contributed by atoms with van der Waals surface area (Å²) in [5.74, 6) is 2.08. The summed E-state index contributed by atoms with van der Waals surface area (Å²) < 4.78 is 0. The summed E-state index contributed by atoms with van der Waals surface area (Å²) in [4.78, 5) is 11.3. The molecule has 1 aromatic heterocycles. The molecule has 76 valence electrons. The van der Waals surface area contributed by atoms with Crippen LogP contribution in [0.15, 0.2) is 6.07 Å². The molecule has 0 saturated carbocycles. The van der Waals surface area contributed by atoms with Gasteiger partial charge in [-0.15, -0.1) is 0 Å². The van der Waals surface area contributed by atoms with Gasteiger partial charge in [-0.1, -0.05) is 6.92 Å². The lowest BCUT2D eigenvalue weighted by atomic mass is 10.3. The standard InChI is InChI=1S/C11H17N3/c1-3-10-12-9(2)8-11(13-10)14-6-4-5-7-14/h8H,3-7H2,1-2H3. The Morgan fingerprint density at radius 3 is 2.64 bits per heavy atom. The maximum atomic E-state index is 4.55. The molecular formula is C11H17N3. The van der Waals surface area contributed by atoms with Crippen molar-refractivity contribution in [3.63, 3.8) is 0 Å². The van der Waals surface area contributed by atoms with Crippen LogP contribution in [0, 0.1) is 6.92 Å². The van der Waals surface area contributed by atoms with Crippen molar-refractivity contribution in [2.75, 3.05) is 18.0 Å². The van der Waals surface area contributed by atoms with E-state index < -0.39 is 0 Å². The normalized spacial score (nSPS) is 16.3. The van der Waals surface area contributed by atoms with Crippen molar-refractivity contribution in [1.82, 2.24) is 9.97 Å². The van der Waals surface area contributed by atoms with E-state index in [1.165, 1.54) is 12.8 Å². The van der Waals surface area contributed by atoms with Crippen LogP contribution in [-0.4, -0.2) is 23.1 Å². The van der Waals surface area contributed by atoms with Crippen molar-refractivity contribution in [2.45, 2.75) is 33.1 Å². The number of hydrogen-bond acceptors (Lipinski definition) is 3. The Kier molecular flexibility index (Phi) is 2.66. The highest BCUT2D eigenvalue weighted by Crippen LogP contribution is 2.18. The van der Waals surface area contributed by atoms with Crippen LogP contribution in [-0.2, 0) is 6.42 Å². The van der Waals surface area contributed by atoms with Gasteiger partial charge in [0.25, 0.3) is 0 Å². The topological polar surface area (TPSA) is 29.0 Å². The predicted octanol–water partition coefficient (Wildman–Crippen LogP) is 1.95. The summed E-state index contributed by atoms with van der Waals surface area (Å²) in [5, 5.41) is 0. The van der Waals surface area contributed by atoms with Crippen molar-refractivity contribution >= 4 is 5.82 Å². The molecular weight excluding hydrogens is 174 g/mol. The Bertz CT molecular complexity index is 316. The van der Waals surface area contributed by atoms with E-state index in [1.54, 1.807) is 0 Å². The second-order valence-electron chi connectivity index (χ2n) is 3.83. The fourth-order valence-corrected chi connectivity index (χ4v) is 1.88. The quantitative estimate of drug-likeness (QED) is 0.715. The first kappa shape index (κ1) is 9.44. The number of nitrogens with zero attached hydrogens (tertiary/aromatic N) is 3. The third-order valence-electron chi connectivity index (χ3n) is 2.63. The third kappa shape index (κ3) is 1.86. The van der Waals surface area contributed by atoms with Gasteiger partial charge < -0.3 is 4.90 Å². The lowest BCUT2D eigenvalue weighted by Crippen LogP contribution is -2.20. The van der Waals surface area contributed by atoms with Crippen molar-refractivity contribution in [1.29, 1.82) is 0 Å². The molecule has 3 nitrogen and oxygen atoms in total. The van der Waals surface area contributed by atoms with Crippen LogP contribution in [0.2, 0.25) is 0 Å². The minimum absolute atomic E-state index is 0.919. The van der Waals surface area contributed by atoms with E-state index >= 15 is 0 Å². The molecule has 2 rings (SSSR count). The van der Waals surface area contributed by atoms with Crippen molar-refractivity contribution in [3.05, 3.63) is 17.6 Å². The molecule has 0 unspecified atom stereocenters. The SMILES string of the molecule is CCc1nc(C)cc(N2CCCC2)n1. The number of anilines is 1. The minimum Gasteiger partial charge on any atom is -0.357 e. The van der Waals surface area contributed by atoms with E-state index in [1.807, 2.05) is 6.92 Å². The fraction of sp³-hybridized carbons (Fsp3) is 0.636. The van der Waals surface area contributed by atoms with Gasteiger partial charge in [-0.25, -0.2) is 9.97 Å². The van der Waals surface area contributed by atoms with Gasteiger partial charge in [0.2, 0.25) is 0 Å². The second-order valence-corrected chi connectivity index (χ2v) is 3.83. The highest BCUT2D eigenvalue weighted by molar-refractivity contribution is 5.40. The van der Waals surface area contributed by atoms with Crippen LogP contribution < -0.4 is 4.90 Å². The van der Waals surface area contributed by atoms with Gasteiger partial charge in [0.05, 0.1) is 0 Å². The Labute approximate surface area is 85.2 Å². The Morgan fingerprint density at radius 1 is 1.29 bits per heavy atom. The van der Waals surface area contributed by atoms with Gasteiger partial charge in [-0.05, 0) is 19.8 Å². The lowest BCUT2D eigenvalue weighted by Gasteiger charge is -2.17. The smallest absolute Gasteiger partial charge is 0.132 e. The molecule has 0 bridgehead atoms. The molecule has 1 saturated heterocycles. The lowest BCUT2D eigenvalue weighted by molar-refractivity contribution is 0.866. The van der Waals surface area contributed by atoms with Gasteiger partial charge in [0.1, 0.15) is 11.6 Å². The van der Waals surface area contributed by atoms with Gasteiger partial charge in [-0.2, -0.15) is 0 Å². The van der Waals surface area contributed by atoms with Crippen LogP contribution in [0.3, 0.4) is 0 Å². The summed E-state index contributed by atoms with van der Waals surface area (Å²) in [6.07, 6.45) is 3.51. The highest BCUT2D eigenvalue weighted by atomic mass is 15.2. The van der Waals surface area contributed by atoms with E-state index in [2.05, 4.69) is 27.9 Å². The van der Waals surface area contributed by atoms with Crippen molar-refractivity contribution in [2.24, 2.45) is 0 Å². The predicted molar refractivity (Wildman–Crippen MR) is 57.6 cm³/mol. The number of aryl methyl sites for hydroxylation is 2. The van der Waals surface area contributed by atoms with Crippen LogP contribution >= 0.6 is 0 Å². The summed E-state index contributed by atoms with van der Waals surface area (Å²) in [6, 6.07) is 2.09. The van der Waals surface area contributed by atoms with Crippen LogP contribution in [0.1, 0.15) is 31.3 Å². The number of aromatic nitrogens is 2. The summed E-state index contributed by atoms with van der Waals surface area (Å²) in [5.41, 5.74) is 1.08. The second kappa shape index (κ2) is 3.95. The summed E-state index contributed by atoms with van der Waals surface area (Å²) in [7, 11) is 0. The molecule has 0 radical (unpaired) electrons. The van der Waals surface area contributed by atoms with E-state index in [-0.39, 0.29) is 0 Å². The molecule has 1 aliphatic heterocycles. The first-order valence-electron chi connectivity index (χ1n) is 5.39. The summed E-state index contributed by atoms with van der Waals surface area (Å²) >= 11 is 0. The highest BCUT2D eigenvalue weighted by Gasteiger charge is 2.14. The molecule has 1 fully saturated rings. The zero-order valence-electron chi connectivity index (χ0n) is 8.95. The van der Waals surface area contributed by atoms with E-state index in [0.29, 0.717) is 0 Å². The van der Waals surface area contributed by atoms with E-state index in [9.17, 15) is 0 Å². The minimum atomic E-state index is 0.919. The summed E-state index contributed by atoms with van der Waals surface area (Å²) in [6.45, 7) is 6.45. The van der Waals surface area contributed by atoms with Gasteiger partial charge in [-0.3, -0.25) is 0 Å². The van der Waals surface area contributed by atoms with Crippen LogP contribution in [0.25, 0.3) is 0 Å². The van der Waals surface area contributed by atoms with Gasteiger partial charge >= 0.3 is 0 Å². The monoisotopic (exact) mass is 191 g/mol. The zero-order valence-corrected chi connectivity index (χ0v) is 8.95. The molecule has 0 atom stereocenters. The zero-order chi connectivity index (χ0) is 9.97. The first-order valence-corrected chi connectivity index (χ1v) is 5.39. The molecule has 14 heavy (non-hydrogen) atoms. The molecule has 0 N–H and O–H groups in total. The molecule has 2 heterocycles. The average Bonchev–Trinajstić information content (AvgIpc) is 2.69. The van der Waals surface area contributed by atoms with Crippen LogP contribution in [0.4, 0.5) is 5.82 Å². The molecule has 0 spiro atoms. The fourth-order valence-electron chi connectivity index (χ4n) is 1.88. The molecule has 0 aliphatic carbocycles. The average molecular weight is 191 g/mol. The van der Waals surface area contributed by atoms with Crippen LogP contribution in [0.5, 0.6) is 0 Å². The van der Waals surface area contributed by atoms with Gasteiger partial charge in [0, 0.05) is 31.3 Å². The molecule has 0 amide bonds. The van der Waals surface area contributed by atoms with E-state index in [4.69, 9.17) is 0 Å². The van der Waals surface area contributed by atoms with Gasteiger partial charge in [0.15, 0.2) is 0 Å². The Balaban J connectivity index is 2.27. The molecule has 1 aliphatic rings. The van der Waals surface area contributed by atoms with E-state index in [0.717, 1.165) is 36.8 Å². The Hall–Kier alpha value is -1.12. The number of hydrogen-bond donors (Lipinski definition) is 0. The molecule has 1 aromatic rings. The largest absolute Gasteiger partial charge is 0.357 e. The first-order chi connectivity index (χ1) is 6.79. The van der Waals surface area contributed by atoms with Crippen molar-refractivity contribution < 1.29 is 0 Å². The molecule has 0 aromatic carbocycles.